The molecule has 0 radical (unpaired) electrons. The highest BCUT2D eigenvalue weighted by Crippen LogP contribution is 2.56. The molecule has 7 atom stereocenters. The van der Waals surface area contributed by atoms with Gasteiger partial charge in [0.05, 0.1) is 12.5 Å². The van der Waals surface area contributed by atoms with Gasteiger partial charge in [-0.25, -0.2) is 0 Å². The molecule has 1 heterocycles. The first-order valence-corrected chi connectivity index (χ1v) is 9.18. The van der Waals surface area contributed by atoms with Crippen molar-refractivity contribution >= 4 is 10.9 Å². The van der Waals surface area contributed by atoms with Gasteiger partial charge in [0.25, 0.3) is 0 Å². The topological polar surface area (TPSA) is 84.6 Å². The van der Waals surface area contributed by atoms with E-state index in [9.17, 15) is 28.2 Å². The maximum absolute atomic E-state index is 13.7. The largest absolute Gasteiger partial charge is 0.575 e. The first kappa shape index (κ1) is 16.8. The Labute approximate surface area is 134 Å². The van der Waals surface area contributed by atoms with E-state index in [1.54, 1.807) is 0 Å². The third-order valence-electron chi connectivity index (χ3n) is 5.66. The summed E-state index contributed by atoms with van der Waals surface area (Å²) in [5.74, 6) is -0.0892. The summed E-state index contributed by atoms with van der Waals surface area (Å²) < 4.78 is 41.0. The van der Waals surface area contributed by atoms with E-state index in [1.807, 2.05) is 0 Å². The monoisotopic (exact) mass is 354 g/mol. The minimum atomic E-state index is -4.32. The lowest BCUT2D eigenvalue weighted by Gasteiger charge is -2.31. The molecule has 1 aliphatic heterocycles. The van der Waals surface area contributed by atoms with Crippen LogP contribution in [0.1, 0.15) is 38.5 Å². The van der Waals surface area contributed by atoms with Crippen LogP contribution >= 0.6 is 0 Å². The van der Waals surface area contributed by atoms with Crippen molar-refractivity contribution in [2.24, 2.45) is 17.1 Å². The fraction of sp³-hybridized carbons (Fsp3) is 1.00. The third-order valence-corrected chi connectivity index (χ3v) is 8.58. The Bertz CT molecular complexity index is 493. The first-order valence-electron chi connectivity index (χ1n) is 7.83. The molecule has 10 heteroatoms. The highest BCUT2D eigenvalue weighted by molar-refractivity contribution is 7.99. The zero-order valence-electron chi connectivity index (χ0n) is 12.4. The van der Waals surface area contributed by atoms with Crippen LogP contribution in [0.15, 0.2) is 5.29 Å². The van der Waals surface area contributed by atoms with Gasteiger partial charge in [0.15, 0.2) is 0 Å². The summed E-state index contributed by atoms with van der Waals surface area (Å²) in [6.07, 6.45) is 2.50. The fourth-order valence-corrected chi connectivity index (χ4v) is 8.23. The van der Waals surface area contributed by atoms with Crippen molar-refractivity contribution in [3.05, 3.63) is 15.0 Å². The molecule has 1 N–H and O–H groups in total. The standard InChI is InChI=1S/C13H18F3N3O3S/c14-13(15,16)23-11-5-7(17-18-20)1-3-9(11)10-4-2-8(19(21)22)6-12(10)23/h7-12H,1-6H2/p+1. The molecule has 1 saturated heterocycles. The Morgan fingerprint density at radius 3 is 2.26 bits per heavy atom. The first-order chi connectivity index (χ1) is 10.8. The number of halogens is 3. The van der Waals surface area contributed by atoms with Crippen LogP contribution in [0, 0.1) is 26.9 Å². The average Bonchev–Trinajstić information content (AvgIpc) is 2.79. The van der Waals surface area contributed by atoms with Gasteiger partial charge < -0.3 is 0 Å². The number of nitro groups is 1. The second-order valence-corrected chi connectivity index (χ2v) is 9.12. The normalized spacial score (nSPS) is 43.3. The minimum absolute atomic E-state index is 0.0256. The van der Waals surface area contributed by atoms with Crippen LogP contribution in [-0.2, 0) is 10.9 Å². The SMILES string of the molecule is O=NNC1CCC2C3CCC([N+](=O)[O-])CC3[S+](C(F)(F)F)C2C1. The molecule has 0 aromatic rings. The van der Waals surface area contributed by atoms with E-state index >= 15 is 0 Å². The predicted molar refractivity (Wildman–Crippen MR) is 79.2 cm³/mol. The molecule has 0 bridgehead atoms. The van der Waals surface area contributed by atoms with Gasteiger partial charge in [0.2, 0.25) is 6.04 Å². The van der Waals surface area contributed by atoms with Crippen LogP contribution in [0.4, 0.5) is 13.2 Å². The van der Waals surface area contributed by atoms with Crippen molar-refractivity contribution in [3.8, 4) is 0 Å². The average molecular weight is 354 g/mol. The number of hydrogen-bond donors (Lipinski definition) is 1. The maximum Gasteiger partial charge on any atom is 0.575 e. The fourth-order valence-electron chi connectivity index (χ4n) is 4.80. The Hall–Kier alpha value is -1.06. The van der Waals surface area contributed by atoms with Crippen LogP contribution in [0.5, 0.6) is 0 Å². The van der Waals surface area contributed by atoms with Crippen LogP contribution in [0.2, 0.25) is 0 Å². The number of nitroso groups, excluding NO2 is 1. The molecular formula is C13H19F3N3O3S+. The zero-order valence-corrected chi connectivity index (χ0v) is 13.2. The Morgan fingerprint density at radius 2 is 1.70 bits per heavy atom. The lowest BCUT2D eigenvalue weighted by atomic mass is 9.71. The Balaban J connectivity index is 1.86. The number of rotatable bonds is 3. The lowest BCUT2D eigenvalue weighted by Crippen LogP contribution is -2.45. The van der Waals surface area contributed by atoms with E-state index in [0.29, 0.717) is 25.7 Å². The molecule has 0 amide bonds. The van der Waals surface area contributed by atoms with Crippen LogP contribution in [-0.4, -0.2) is 33.0 Å². The summed E-state index contributed by atoms with van der Waals surface area (Å²) in [7, 11) is -1.83. The molecule has 23 heavy (non-hydrogen) atoms. The predicted octanol–water partition coefficient (Wildman–Crippen LogP) is 2.76. The van der Waals surface area contributed by atoms with E-state index in [2.05, 4.69) is 10.7 Å². The number of hydrogen-bond acceptors (Lipinski definition) is 4. The second-order valence-electron chi connectivity index (χ2n) is 6.70. The highest BCUT2D eigenvalue weighted by atomic mass is 32.2. The number of nitrogens with zero attached hydrogens (tertiary/aromatic N) is 2. The van der Waals surface area contributed by atoms with Crippen molar-refractivity contribution in [1.29, 1.82) is 0 Å². The van der Waals surface area contributed by atoms with Gasteiger partial charge in [0.1, 0.15) is 21.4 Å². The molecule has 6 nitrogen and oxygen atoms in total. The minimum Gasteiger partial charge on any atom is -0.271 e. The summed E-state index contributed by atoms with van der Waals surface area (Å²) >= 11 is 0. The summed E-state index contributed by atoms with van der Waals surface area (Å²) in [6.45, 7) is 0. The van der Waals surface area contributed by atoms with Crippen LogP contribution in [0.3, 0.4) is 0 Å². The van der Waals surface area contributed by atoms with E-state index in [1.165, 1.54) is 0 Å². The Morgan fingerprint density at radius 1 is 1.09 bits per heavy atom. The van der Waals surface area contributed by atoms with Gasteiger partial charge in [-0.2, -0.15) is 0 Å². The zero-order chi connectivity index (χ0) is 16.8. The van der Waals surface area contributed by atoms with Crippen LogP contribution < -0.4 is 5.43 Å². The molecule has 2 saturated carbocycles. The van der Waals surface area contributed by atoms with Crippen molar-refractivity contribution < 1.29 is 18.1 Å². The van der Waals surface area contributed by atoms with Crippen molar-refractivity contribution in [2.75, 3.05) is 0 Å². The molecule has 2 aliphatic carbocycles. The van der Waals surface area contributed by atoms with Crippen molar-refractivity contribution in [1.82, 2.24) is 5.43 Å². The summed E-state index contributed by atoms with van der Waals surface area (Å²) in [6, 6.07) is -1.16. The van der Waals surface area contributed by atoms with Gasteiger partial charge in [-0.3, -0.25) is 15.5 Å². The van der Waals surface area contributed by atoms with E-state index in [-0.39, 0.29) is 30.7 Å². The number of nitrogens with one attached hydrogen (secondary N) is 1. The van der Waals surface area contributed by atoms with Gasteiger partial charge in [-0.05, 0) is 19.3 Å². The molecule has 3 aliphatic rings. The number of alkyl halides is 3. The van der Waals surface area contributed by atoms with Crippen LogP contribution in [0.25, 0.3) is 0 Å². The lowest BCUT2D eigenvalue weighted by molar-refractivity contribution is -0.526. The molecule has 0 spiro atoms. The summed E-state index contributed by atoms with van der Waals surface area (Å²) in [5.41, 5.74) is -1.95. The smallest absolute Gasteiger partial charge is 0.271 e. The second kappa shape index (κ2) is 6.10. The molecule has 0 aromatic carbocycles. The maximum atomic E-state index is 13.7. The van der Waals surface area contributed by atoms with Gasteiger partial charge >= 0.3 is 5.51 Å². The summed E-state index contributed by atoms with van der Waals surface area (Å²) in [4.78, 5) is 21.0. The van der Waals surface area contributed by atoms with Gasteiger partial charge in [-0.15, -0.1) is 18.1 Å². The summed E-state index contributed by atoms with van der Waals surface area (Å²) in [5, 5.41) is 12.5. The quantitative estimate of drug-likeness (QED) is 0.365. The highest BCUT2D eigenvalue weighted by Gasteiger charge is 2.71. The molecule has 3 fully saturated rings. The van der Waals surface area contributed by atoms with E-state index in [0.717, 1.165) is 0 Å². The molecule has 0 aromatic heterocycles. The van der Waals surface area contributed by atoms with E-state index in [4.69, 9.17) is 0 Å². The van der Waals surface area contributed by atoms with Crippen molar-refractivity contribution in [2.45, 2.75) is 66.6 Å². The van der Waals surface area contributed by atoms with Gasteiger partial charge in [-0.1, -0.05) is 0 Å². The third kappa shape index (κ3) is 3.01. The molecule has 7 unspecified atom stereocenters. The Kier molecular flexibility index (Phi) is 4.45. The molecule has 3 rings (SSSR count). The molecular weight excluding hydrogens is 335 g/mol. The molecule has 130 valence electrons. The number of fused-ring (bicyclic) bond motifs is 3. The van der Waals surface area contributed by atoms with Crippen molar-refractivity contribution in [3.63, 3.8) is 0 Å². The van der Waals surface area contributed by atoms with E-state index < -0.39 is 37.9 Å². The van der Waals surface area contributed by atoms with Gasteiger partial charge in [0, 0.05) is 34.9 Å².